The Bertz CT molecular complexity index is 2760. The van der Waals surface area contributed by atoms with Gasteiger partial charge in [0.25, 0.3) is 0 Å². The Kier molecular flexibility index (Phi) is 5.74. The zero-order valence-corrected chi connectivity index (χ0v) is 25.6. The molecule has 224 valence electrons. The fourth-order valence-electron chi connectivity index (χ4n) is 7.00. The van der Waals surface area contributed by atoms with E-state index in [1.54, 1.807) is 12.4 Å². The Labute approximate surface area is 274 Å². The van der Waals surface area contributed by atoms with Crippen LogP contribution in [0.5, 0.6) is 0 Å². The third-order valence-corrected chi connectivity index (χ3v) is 9.06. The molecule has 7 heteroatoms. The van der Waals surface area contributed by atoms with E-state index in [0.717, 1.165) is 66.1 Å². The largest absolute Gasteiger partial charge is 0.307 e. The maximum absolute atomic E-state index is 5.23. The summed E-state index contributed by atoms with van der Waals surface area (Å²) in [5, 5.41) is 4.44. The van der Waals surface area contributed by atoms with Gasteiger partial charge in [-0.2, -0.15) is 9.97 Å². The summed E-state index contributed by atoms with van der Waals surface area (Å²) < 4.78 is 4.54. The van der Waals surface area contributed by atoms with Crippen LogP contribution in [0.1, 0.15) is 0 Å². The van der Waals surface area contributed by atoms with Gasteiger partial charge in [0.15, 0.2) is 11.6 Å². The highest BCUT2D eigenvalue weighted by Gasteiger charge is 2.25. The van der Waals surface area contributed by atoms with Gasteiger partial charge in [-0.25, -0.2) is 4.98 Å². The van der Waals surface area contributed by atoms with Crippen molar-refractivity contribution in [2.75, 3.05) is 0 Å². The molecule has 0 saturated heterocycles. The second-order valence-electron chi connectivity index (χ2n) is 11.8. The molecule has 48 heavy (non-hydrogen) atoms. The molecule has 7 nitrogen and oxygen atoms in total. The molecule has 4 heterocycles. The van der Waals surface area contributed by atoms with Crippen molar-refractivity contribution in [2.45, 2.75) is 0 Å². The normalized spacial score (nSPS) is 11.8. The highest BCUT2D eigenvalue weighted by Crippen LogP contribution is 2.42. The van der Waals surface area contributed by atoms with Crippen LogP contribution in [0, 0.1) is 0 Å². The Morgan fingerprint density at radius 1 is 0.396 bits per heavy atom. The van der Waals surface area contributed by atoms with Crippen molar-refractivity contribution in [2.24, 2.45) is 0 Å². The molecular formula is C41H25N7. The fourth-order valence-corrected chi connectivity index (χ4v) is 7.00. The van der Waals surface area contributed by atoms with E-state index in [0.29, 0.717) is 17.6 Å². The predicted octanol–water partition coefficient (Wildman–Crippen LogP) is 9.34. The molecule has 0 radical (unpaired) electrons. The molecule has 0 aliphatic heterocycles. The molecule has 0 aliphatic carbocycles. The minimum absolute atomic E-state index is 0.512. The molecule has 10 aromatic rings. The second-order valence-corrected chi connectivity index (χ2v) is 11.8. The number of benzene rings is 6. The summed E-state index contributed by atoms with van der Waals surface area (Å²) in [6.45, 7) is 0. The SMILES string of the molecule is c1ccc(-c2nc(-c3ccccc3)nc(-n3c4c(ccc5nccnc54)c4ccc5c6ccccc6n(-c6ccccc6)c5c43)n2)cc1. The second kappa shape index (κ2) is 10.4. The van der Waals surface area contributed by atoms with Crippen LogP contribution in [-0.2, 0) is 0 Å². The van der Waals surface area contributed by atoms with Gasteiger partial charge in [-0.1, -0.05) is 109 Å². The highest BCUT2D eigenvalue weighted by atomic mass is 15.2. The van der Waals surface area contributed by atoms with Gasteiger partial charge >= 0.3 is 0 Å². The standard InChI is InChI=1S/C41H25N7/c1-4-12-26(13-5-1)39-44-40(27-14-6-2-7-15-27)46-41(45-39)48-36-31(22-23-33-35(36)43-25-24-42-33)32-21-20-30-29-18-10-11-19-34(29)47(37(30)38(32)48)28-16-8-3-9-17-28/h1-25H. The van der Waals surface area contributed by atoms with Crippen molar-refractivity contribution in [1.82, 2.24) is 34.1 Å². The molecule has 0 bridgehead atoms. The summed E-state index contributed by atoms with van der Waals surface area (Å²) in [7, 11) is 0. The summed E-state index contributed by atoms with van der Waals surface area (Å²) >= 11 is 0. The smallest absolute Gasteiger partial charge is 0.238 e. The lowest BCUT2D eigenvalue weighted by Gasteiger charge is -2.13. The van der Waals surface area contributed by atoms with E-state index in [9.17, 15) is 0 Å². The Hall–Kier alpha value is -6.73. The predicted molar refractivity (Wildman–Crippen MR) is 192 cm³/mol. The highest BCUT2D eigenvalue weighted by molar-refractivity contribution is 6.26. The van der Waals surface area contributed by atoms with Crippen molar-refractivity contribution < 1.29 is 0 Å². The molecule has 0 spiro atoms. The van der Waals surface area contributed by atoms with Gasteiger partial charge in [-0.05, 0) is 30.3 Å². The third kappa shape index (κ3) is 3.91. The maximum Gasteiger partial charge on any atom is 0.238 e. The van der Waals surface area contributed by atoms with Crippen molar-refractivity contribution in [3.63, 3.8) is 0 Å². The minimum Gasteiger partial charge on any atom is -0.307 e. The van der Waals surface area contributed by atoms with Crippen LogP contribution in [0.15, 0.2) is 152 Å². The van der Waals surface area contributed by atoms with Crippen LogP contribution >= 0.6 is 0 Å². The van der Waals surface area contributed by atoms with E-state index < -0.39 is 0 Å². The Balaban J connectivity index is 1.45. The molecule has 0 fully saturated rings. The molecule has 6 aromatic carbocycles. The molecule has 0 N–H and O–H groups in total. The maximum atomic E-state index is 5.23. The lowest BCUT2D eigenvalue weighted by Crippen LogP contribution is -2.07. The van der Waals surface area contributed by atoms with E-state index in [2.05, 4.69) is 81.9 Å². The molecule has 4 aromatic heterocycles. The van der Waals surface area contributed by atoms with Gasteiger partial charge < -0.3 is 4.57 Å². The average molecular weight is 616 g/mol. The molecule has 0 unspecified atom stereocenters. The first-order valence-corrected chi connectivity index (χ1v) is 15.9. The number of rotatable bonds is 4. The van der Waals surface area contributed by atoms with Crippen LogP contribution in [0.4, 0.5) is 0 Å². The van der Waals surface area contributed by atoms with Crippen LogP contribution in [0.25, 0.3) is 89.1 Å². The monoisotopic (exact) mass is 615 g/mol. The van der Waals surface area contributed by atoms with E-state index >= 15 is 0 Å². The van der Waals surface area contributed by atoms with Gasteiger partial charge in [-0.3, -0.25) is 14.5 Å². The minimum atomic E-state index is 0.512. The third-order valence-electron chi connectivity index (χ3n) is 9.06. The molecular weight excluding hydrogens is 591 g/mol. The molecule has 0 atom stereocenters. The number of fused-ring (bicyclic) bond motifs is 9. The van der Waals surface area contributed by atoms with Crippen molar-refractivity contribution in [3.8, 4) is 34.4 Å². The summed E-state index contributed by atoms with van der Waals surface area (Å²) in [6.07, 6.45) is 3.48. The zero-order chi connectivity index (χ0) is 31.6. The van der Waals surface area contributed by atoms with Crippen LogP contribution in [0.2, 0.25) is 0 Å². The first-order chi connectivity index (χ1) is 23.8. The topological polar surface area (TPSA) is 74.3 Å². The number of hydrogen-bond acceptors (Lipinski definition) is 5. The summed E-state index contributed by atoms with van der Waals surface area (Å²) in [5.41, 5.74) is 8.55. The summed E-state index contributed by atoms with van der Waals surface area (Å²) in [4.78, 5) is 25.0. The number of hydrogen-bond donors (Lipinski definition) is 0. The molecule has 0 aliphatic rings. The summed E-state index contributed by atoms with van der Waals surface area (Å²) in [5.74, 6) is 1.70. The van der Waals surface area contributed by atoms with Crippen molar-refractivity contribution in [3.05, 3.63) is 152 Å². The van der Waals surface area contributed by atoms with E-state index in [-0.39, 0.29) is 0 Å². The lowest BCUT2D eigenvalue weighted by atomic mass is 10.1. The molecule has 0 amide bonds. The van der Waals surface area contributed by atoms with Gasteiger partial charge in [0, 0.05) is 50.8 Å². The van der Waals surface area contributed by atoms with E-state index in [1.807, 2.05) is 66.7 Å². The number of para-hydroxylation sites is 2. The van der Waals surface area contributed by atoms with Gasteiger partial charge in [0.05, 0.1) is 27.6 Å². The van der Waals surface area contributed by atoms with Crippen LogP contribution in [-0.4, -0.2) is 34.1 Å². The quantitative estimate of drug-likeness (QED) is 0.197. The van der Waals surface area contributed by atoms with Gasteiger partial charge in [0.1, 0.15) is 5.52 Å². The van der Waals surface area contributed by atoms with Crippen LogP contribution in [0.3, 0.4) is 0 Å². The average Bonchev–Trinajstić information content (AvgIpc) is 3.69. The zero-order valence-electron chi connectivity index (χ0n) is 25.6. The Morgan fingerprint density at radius 3 is 1.65 bits per heavy atom. The Morgan fingerprint density at radius 2 is 0.938 bits per heavy atom. The van der Waals surface area contributed by atoms with Gasteiger partial charge in [-0.15, -0.1) is 0 Å². The fraction of sp³-hybridized carbons (Fsp3) is 0. The van der Waals surface area contributed by atoms with Crippen molar-refractivity contribution >= 4 is 54.6 Å². The lowest BCUT2D eigenvalue weighted by molar-refractivity contribution is 0.954. The van der Waals surface area contributed by atoms with Crippen LogP contribution < -0.4 is 0 Å². The first kappa shape index (κ1) is 26.5. The molecule has 10 rings (SSSR count). The van der Waals surface area contributed by atoms with Crippen molar-refractivity contribution in [1.29, 1.82) is 0 Å². The number of nitrogens with zero attached hydrogens (tertiary/aromatic N) is 7. The number of aromatic nitrogens is 7. The summed E-state index contributed by atoms with van der Waals surface area (Å²) in [6, 6.07) is 47.9. The molecule has 0 saturated carbocycles. The van der Waals surface area contributed by atoms with E-state index in [1.165, 1.54) is 5.39 Å². The van der Waals surface area contributed by atoms with Gasteiger partial charge in [0.2, 0.25) is 5.95 Å². The first-order valence-electron chi connectivity index (χ1n) is 15.9. The van der Waals surface area contributed by atoms with E-state index in [4.69, 9.17) is 24.9 Å².